The van der Waals surface area contributed by atoms with Crippen LogP contribution in [0.3, 0.4) is 0 Å². The largest absolute Gasteiger partial charge is 0.478 e. The van der Waals surface area contributed by atoms with Gasteiger partial charge in [0.15, 0.2) is 5.82 Å². The van der Waals surface area contributed by atoms with Crippen LogP contribution in [0.4, 0.5) is 10.2 Å². The highest BCUT2D eigenvalue weighted by Gasteiger charge is 2.46. The van der Waals surface area contributed by atoms with Crippen molar-refractivity contribution in [1.29, 1.82) is 0 Å². The molecule has 0 bridgehead atoms. The monoisotopic (exact) mass is 708 g/mol. The van der Waals surface area contributed by atoms with E-state index in [4.69, 9.17) is 11.6 Å². The SMILES string of the molecule is CNC(=O)c1ccc(-c2cccc3c2CC(C)(C)N(C(=O)/C=C/c2c(-n4cnnn4)ccc(Cl)c2F)[C@@H]3C(=O)Nc2ccc(C(=O)O)cn2)cc1. The number of nitrogens with zero attached hydrogens (tertiary/aromatic N) is 6. The van der Waals surface area contributed by atoms with E-state index in [-0.39, 0.29) is 33.6 Å². The van der Waals surface area contributed by atoms with Gasteiger partial charge >= 0.3 is 5.97 Å². The number of rotatable bonds is 8. The Morgan fingerprint density at radius 1 is 1.02 bits per heavy atom. The highest BCUT2D eigenvalue weighted by Crippen LogP contribution is 2.43. The summed E-state index contributed by atoms with van der Waals surface area (Å²) >= 11 is 6.10. The minimum absolute atomic E-state index is 0.0513. The number of halogens is 2. The van der Waals surface area contributed by atoms with Gasteiger partial charge in [-0.05, 0) is 95.4 Å². The minimum Gasteiger partial charge on any atom is -0.478 e. The molecule has 258 valence electrons. The number of carbonyl (C=O) groups excluding carboxylic acids is 3. The van der Waals surface area contributed by atoms with Crippen molar-refractivity contribution >= 4 is 47.2 Å². The molecule has 0 aliphatic carbocycles. The number of anilines is 1. The summed E-state index contributed by atoms with van der Waals surface area (Å²) in [5.74, 6) is -3.36. The molecule has 0 spiro atoms. The number of carboxylic acid groups (broad SMARTS) is 1. The summed E-state index contributed by atoms with van der Waals surface area (Å²) in [6.45, 7) is 3.64. The second kappa shape index (κ2) is 13.9. The Hall–Kier alpha value is -6.28. The van der Waals surface area contributed by atoms with Gasteiger partial charge in [-0.1, -0.05) is 41.9 Å². The van der Waals surface area contributed by atoms with Gasteiger partial charge in [0.1, 0.15) is 18.2 Å². The van der Waals surface area contributed by atoms with Crippen LogP contribution >= 0.6 is 11.6 Å². The van der Waals surface area contributed by atoms with Gasteiger partial charge in [0.25, 0.3) is 11.8 Å². The van der Waals surface area contributed by atoms with Crippen LogP contribution in [-0.4, -0.2) is 71.5 Å². The van der Waals surface area contributed by atoms with E-state index in [0.29, 0.717) is 17.5 Å². The van der Waals surface area contributed by atoms with Crippen LogP contribution < -0.4 is 10.6 Å². The van der Waals surface area contributed by atoms with Crippen LogP contribution in [0.5, 0.6) is 0 Å². The number of amides is 3. The summed E-state index contributed by atoms with van der Waals surface area (Å²) in [6, 6.07) is 16.8. The number of aromatic carboxylic acids is 1. The number of aromatic nitrogens is 5. The molecule has 2 aromatic heterocycles. The summed E-state index contributed by atoms with van der Waals surface area (Å²) in [5, 5.41) is 25.5. The summed E-state index contributed by atoms with van der Waals surface area (Å²) in [4.78, 5) is 57.7. The fourth-order valence-electron chi connectivity index (χ4n) is 6.17. The summed E-state index contributed by atoms with van der Waals surface area (Å²) in [6.07, 6.45) is 5.14. The van der Waals surface area contributed by atoms with Crippen molar-refractivity contribution in [3.63, 3.8) is 0 Å². The van der Waals surface area contributed by atoms with Gasteiger partial charge in [-0.2, -0.15) is 4.68 Å². The molecule has 1 aliphatic rings. The van der Waals surface area contributed by atoms with Crippen molar-refractivity contribution in [2.45, 2.75) is 31.8 Å². The Kier molecular flexibility index (Phi) is 9.44. The molecule has 1 atom stereocenters. The van der Waals surface area contributed by atoms with Crippen molar-refractivity contribution in [3.05, 3.63) is 124 Å². The predicted molar refractivity (Wildman–Crippen MR) is 186 cm³/mol. The van der Waals surface area contributed by atoms with Gasteiger partial charge < -0.3 is 20.6 Å². The maximum atomic E-state index is 15.4. The lowest BCUT2D eigenvalue weighted by atomic mass is 9.77. The average molecular weight is 709 g/mol. The fraction of sp³-hybridized carbons (Fsp3) is 0.167. The molecule has 3 N–H and O–H groups in total. The minimum atomic E-state index is -1.21. The molecule has 3 heterocycles. The van der Waals surface area contributed by atoms with E-state index in [1.54, 1.807) is 31.3 Å². The Morgan fingerprint density at radius 2 is 1.76 bits per heavy atom. The summed E-state index contributed by atoms with van der Waals surface area (Å²) in [7, 11) is 1.55. The summed E-state index contributed by atoms with van der Waals surface area (Å²) in [5.41, 5.74) is 2.55. The first kappa shape index (κ1) is 34.6. The van der Waals surface area contributed by atoms with Crippen LogP contribution in [0.2, 0.25) is 5.02 Å². The number of carboxylic acids is 1. The topological polar surface area (TPSA) is 172 Å². The van der Waals surface area contributed by atoms with Crippen molar-refractivity contribution in [1.82, 2.24) is 35.4 Å². The molecular formula is C36H30ClFN8O5. The maximum absolute atomic E-state index is 15.4. The molecular weight excluding hydrogens is 679 g/mol. The third kappa shape index (κ3) is 6.81. The Morgan fingerprint density at radius 3 is 2.41 bits per heavy atom. The number of benzene rings is 3. The first-order valence-electron chi connectivity index (χ1n) is 15.6. The van der Waals surface area contributed by atoms with Gasteiger partial charge in [-0.25, -0.2) is 14.2 Å². The van der Waals surface area contributed by atoms with E-state index in [1.165, 1.54) is 46.3 Å². The summed E-state index contributed by atoms with van der Waals surface area (Å²) < 4.78 is 16.6. The van der Waals surface area contributed by atoms with Crippen LogP contribution in [0, 0.1) is 5.82 Å². The molecule has 51 heavy (non-hydrogen) atoms. The third-order valence-electron chi connectivity index (χ3n) is 8.56. The molecule has 3 aromatic carbocycles. The van der Waals surface area contributed by atoms with Crippen molar-refractivity contribution in [3.8, 4) is 16.8 Å². The Balaban J connectivity index is 1.44. The molecule has 0 saturated carbocycles. The fourth-order valence-corrected chi connectivity index (χ4v) is 6.34. The second-order valence-electron chi connectivity index (χ2n) is 12.2. The lowest BCUT2D eigenvalue weighted by Gasteiger charge is -2.48. The van der Waals surface area contributed by atoms with E-state index < -0.39 is 35.2 Å². The van der Waals surface area contributed by atoms with Crippen molar-refractivity contribution in [2.75, 3.05) is 12.4 Å². The van der Waals surface area contributed by atoms with E-state index in [0.717, 1.165) is 29.0 Å². The highest BCUT2D eigenvalue weighted by atomic mass is 35.5. The van der Waals surface area contributed by atoms with Crippen LogP contribution in [0.1, 0.15) is 57.3 Å². The zero-order chi connectivity index (χ0) is 36.4. The average Bonchev–Trinajstić information content (AvgIpc) is 3.66. The van der Waals surface area contributed by atoms with Crippen molar-refractivity contribution in [2.24, 2.45) is 0 Å². The quantitative estimate of drug-likeness (QED) is 0.185. The van der Waals surface area contributed by atoms with Gasteiger partial charge in [-0.3, -0.25) is 14.4 Å². The number of fused-ring (bicyclic) bond motifs is 1. The van der Waals surface area contributed by atoms with Gasteiger partial charge in [0.2, 0.25) is 5.91 Å². The van der Waals surface area contributed by atoms with E-state index in [1.807, 2.05) is 32.0 Å². The van der Waals surface area contributed by atoms with Crippen LogP contribution in [0.25, 0.3) is 22.9 Å². The molecule has 13 nitrogen and oxygen atoms in total. The Labute approximate surface area is 295 Å². The molecule has 0 unspecified atom stereocenters. The molecule has 6 rings (SSSR count). The first-order valence-corrected chi connectivity index (χ1v) is 15.9. The number of nitrogens with one attached hydrogen (secondary N) is 2. The second-order valence-corrected chi connectivity index (χ2v) is 12.6. The molecule has 15 heteroatoms. The first-order chi connectivity index (χ1) is 24.4. The molecule has 3 amide bonds. The zero-order valence-corrected chi connectivity index (χ0v) is 28.2. The molecule has 0 saturated heterocycles. The maximum Gasteiger partial charge on any atom is 0.337 e. The van der Waals surface area contributed by atoms with Gasteiger partial charge in [-0.15, -0.1) is 5.10 Å². The molecule has 5 aromatic rings. The number of hydrogen-bond acceptors (Lipinski definition) is 8. The number of tetrazole rings is 1. The highest BCUT2D eigenvalue weighted by molar-refractivity contribution is 6.31. The normalized spacial score (nSPS) is 14.9. The van der Waals surface area contributed by atoms with E-state index >= 15 is 4.39 Å². The Bertz CT molecular complexity index is 2190. The lowest BCUT2D eigenvalue weighted by molar-refractivity contribution is -0.142. The van der Waals surface area contributed by atoms with Crippen molar-refractivity contribution < 1.29 is 28.7 Å². The number of pyridine rings is 1. The third-order valence-corrected chi connectivity index (χ3v) is 8.85. The standard InChI is InChI=1S/C36H30ClFN8O5/c1-36(2)17-26-23(20-7-9-21(10-8-20)33(48)39-3)5-4-6-24(26)32(34(49)42-29-15-11-22(18-40-29)35(50)51)46(36)30(47)16-12-25-28(45-19-41-43-44-45)14-13-27(37)31(25)38/h4-16,18-19,32H,17H2,1-3H3,(H,39,48)(H,50,51)(H,40,42,49)/b16-12+/t32-/m0/s1. The molecule has 0 fully saturated rings. The lowest BCUT2D eigenvalue weighted by Crippen LogP contribution is -2.56. The number of carbonyl (C=O) groups is 4. The zero-order valence-electron chi connectivity index (χ0n) is 27.5. The number of hydrogen-bond donors (Lipinski definition) is 3. The smallest absolute Gasteiger partial charge is 0.337 e. The van der Waals surface area contributed by atoms with Crippen LogP contribution in [0.15, 0.2) is 85.3 Å². The predicted octanol–water partition coefficient (Wildman–Crippen LogP) is 5.13. The van der Waals surface area contributed by atoms with E-state index in [9.17, 15) is 24.3 Å². The van der Waals surface area contributed by atoms with E-state index in [2.05, 4.69) is 31.1 Å². The molecule has 0 radical (unpaired) electrons. The van der Waals surface area contributed by atoms with Crippen LogP contribution in [-0.2, 0) is 16.0 Å². The van der Waals surface area contributed by atoms with Gasteiger partial charge in [0, 0.05) is 36.0 Å². The van der Waals surface area contributed by atoms with Gasteiger partial charge in [0.05, 0.1) is 16.3 Å². The molecule has 1 aliphatic heterocycles.